The molecular formula is C34H50O5Si. The number of unbranched alkanes of at least 4 members (excludes halogenated alkanes) is 3. The van der Waals surface area contributed by atoms with Gasteiger partial charge >= 0.3 is 0 Å². The lowest BCUT2D eigenvalue weighted by Crippen LogP contribution is -2.56. The molecule has 2 aromatic carbocycles. The SMILES string of the molecule is C[C@@H]1O[C@H](OCc2ccccc2)[C@@H]2[C@H]1O[Si](C(C)(C)C)(C(C)(C)C)[C@@H]2CCCCCCc1ccc2c(c1)OCO2. The Kier molecular flexibility index (Phi) is 8.73. The van der Waals surface area contributed by atoms with E-state index < -0.39 is 8.32 Å². The standard InChI is InChI=1S/C34H50O5Si/c1-24-31-30(32(38-24)35-22-26-16-12-10-13-17-26)29(40(39-31,33(2,3)4)34(5,6)7)18-14-9-8-11-15-25-19-20-27-28(21-25)37-23-36-27/h10,12-13,16-17,19-21,24,29-32H,8-9,11,14-15,18,22-23H2,1-7H3/t24-,29+,30-,31-,32-/m0/s1. The van der Waals surface area contributed by atoms with Crippen LogP contribution in [0.2, 0.25) is 15.6 Å². The molecule has 5 rings (SSSR count). The molecule has 2 aromatic rings. The average molecular weight is 567 g/mol. The van der Waals surface area contributed by atoms with Crippen LogP contribution in [0.15, 0.2) is 48.5 Å². The number of rotatable bonds is 10. The summed E-state index contributed by atoms with van der Waals surface area (Å²) < 4.78 is 31.4. The summed E-state index contributed by atoms with van der Waals surface area (Å²) in [4.78, 5) is 0. The lowest BCUT2D eigenvalue weighted by atomic mass is 9.93. The van der Waals surface area contributed by atoms with Crippen molar-refractivity contribution in [2.45, 2.75) is 128 Å². The van der Waals surface area contributed by atoms with Crippen molar-refractivity contribution in [1.29, 1.82) is 0 Å². The molecule has 5 atom stereocenters. The fourth-order valence-electron chi connectivity index (χ4n) is 8.05. The van der Waals surface area contributed by atoms with Crippen LogP contribution < -0.4 is 9.47 Å². The maximum absolute atomic E-state index is 7.39. The van der Waals surface area contributed by atoms with Gasteiger partial charge < -0.3 is 23.4 Å². The summed E-state index contributed by atoms with van der Waals surface area (Å²) in [5.41, 5.74) is 3.02. The van der Waals surface area contributed by atoms with Crippen LogP contribution in [0.25, 0.3) is 0 Å². The third-order valence-electron chi connectivity index (χ3n) is 9.47. The molecule has 0 radical (unpaired) electrons. The zero-order chi connectivity index (χ0) is 28.5. The average Bonchev–Trinajstić information content (AvgIpc) is 3.59. The Labute approximate surface area is 243 Å². The molecule has 5 nitrogen and oxygen atoms in total. The van der Waals surface area contributed by atoms with E-state index in [2.05, 4.69) is 90.9 Å². The van der Waals surface area contributed by atoms with Crippen LogP contribution in [0.3, 0.4) is 0 Å². The molecule has 2 fully saturated rings. The normalized spacial score (nSPS) is 27.2. The topological polar surface area (TPSA) is 46.2 Å². The Morgan fingerprint density at radius 2 is 1.52 bits per heavy atom. The molecule has 2 saturated heterocycles. The lowest BCUT2D eigenvalue weighted by Gasteiger charge is -2.52. The van der Waals surface area contributed by atoms with Crippen molar-refractivity contribution < 1.29 is 23.4 Å². The molecule has 0 amide bonds. The Bertz CT molecular complexity index is 1110. The van der Waals surface area contributed by atoms with Crippen LogP contribution in [-0.4, -0.2) is 33.6 Å². The summed E-state index contributed by atoms with van der Waals surface area (Å²) in [5, 5.41) is 0.229. The monoisotopic (exact) mass is 566 g/mol. The minimum Gasteiger partial charge on any atom is -0.454 e. The van der Waals surface area contributed by atoms with Crippen molar-refractivity contribution in [3.8, 4) is 11.5 Å². The van der Waals surface area contributed by atoms with Crippen molar-refractivity contribution in [1.82, 2.24) is 0 Å². The zero-order valence-corrected chi connectivity index (χ0v) is 26.7. The summed E-state index contributed by atoms with van der Waals surface area (Å²) in [6, 6.07) is 16.8. The van der Waals surface area contributed by atoms with Gasteiger partial charge in [-0.1, -0.05) is 104 Å². The molecule has 0 bridgehead atoms. The predicted octanol–water partition coefficient (Wildman–Crippen LogP) is 8.80. The van der Waals surface area contributed by atoms with Crippen LogP contribution in [0, 0.1) is 5.92 Å². The van der Waals surface area contributed by atoms with Gasteiger partial charge in [0.25, 0.3) is 0 Å². The molecule has 0 aliphatic carbocycles. The van der Waals surface area contributed by atoms with Crippen LogP contribution in [0.4, 0.5) is 0 Å². The second-order valence-electron chi connectivity index (χ2n) is 14.1. The van der Waals surface area contributed by atoms with Crippen LogP contribution in [0.5, 0.6) is 11.5 Å². The number of hydrogen-bond donors (Lipinski definition) is 0. The van der Waals surface area contributed by atoms with E-state index in [0.29, 0.717) is 18.9 Å². The summed E-state index contributed by atoms with van der Waals surface area (Å²) in [6.07, 6.45) is 7.10. The van der Waals surface area contributed by atoms with Crippen molar-refractivity contribution in [3.63, 3.8) is 0 Å². The second kappa shape index (κ2) is 11.8. The fourth-order valence-corrected chi connectivity index (χ4v) is 15.7. The van der Waals surface area contributed by atoms with Crippen LogP contribution in [-0.2, 0) is 26.9 Å². The summed E-state index contributed by atoms with van der Waals surface area (Å²) in [5.74, 6) is 2.04. The first-order chi connectivity index (χ1) is 19.0. The molecule has 3 heterocycles. The van der Waals surface area contributed by atoms with E-state index >= 15 is 0 Å². The van der Waals surface area contributed by atoms with Crippen molar-refractivity contribution >= 4 is 8.32 Å². The van der Waals surface area contributed by atoms with Gasteiger partial charge in [0.1, 0.15) is 0 Å². The Balaban J connectivity index is 1.26. The molecule has 3 aliphatic rings. The quantitative estimate of drug-likeness (QED) is 0.212. The van der Waals surface area contributed by atoms with E-state index in [-0.39, 0.29) is 34.5 Å². The number of fused-ring (bicyclic) bond motifs is 2. The van der Waals surface area contributed by atoms with E-state index in [9.17, 15) is 0 Å². The molecule has 0 aromatic heterocycles. The van der Waals surface area contributed by atoms with Gasteiger partial charge in [-0.2, -0.15) is 0 Å². The second-order valence-corrected chi connectivity index (χ2v) is 19.6. The number of hydrogen-bond acceptors (Lipinski definition) is 5. The third kappa shape index (κ3) is 5.74. The van der Waals surface area contributed by atoms with Crippen LogP contribution in [0.1, 0.15) is 91.7 Å². The van der Waals surface area contributed by atoms with E-state index in [1.807, 2.05) is 6.07 Å². The number of ether oxygens (including phenoxy) is 4. The molecular weight excluding hydrogens is 516 g/mol. The highest BCUT2D eigenvalue weighted by Gasteiger charge is 2.71. The van der Waals surface area contributed by atoms with Gasteiger partial charge in [0.2, 0.25) is 15.1 Å². The maximum Gasteiger partial charge on any atom is 0.231 e. The number of aryl methyl sites for hydroxylation is 1. The molecule has 40 heavy (non-hydrogen) atoms. The van der Waals surface area contributed by atoms with Gasteiger partial charge in [0, 0.05) is 5.92 Å². The molecule has 0 spiro atoms. The van der Waals surface area contributed by atoms with E-state index in [1.165, 1.54) is 43.2 Å². The number of benzene rings is 2. The predicted molar refractivity (Wildman–Crippen MR) is 162 cm³/mol. The largest absolute Gasteiger partial charge is 0.454 e. The van der Waals surface area contributed by atoms with E-state index in [1.54, 1.807) is 0 Å². The van der Waals surface area contributed by atoms with Gasteiger partial charge in [-0.05, 0) is 58.6 Å². The zero-order valence-electron chi connectivity index (χ0n) is 25.7. The van der Waals surface area contributed by atoms with Crippen molar-refractivity contribution in [2.75, 3.05) is 6.79 Å². The molecule has 0 saturated carbocycles. The first kappa shape index (κ1) is 29.6. The third-order valence-corrected chi connectivity index (χ3v) is 16.3. The Morgan fingerprint density at radius 1 is 0.825 bits per heavy atom. The molecule has 0 N–H and O–H groups in total. The Morgan fingerprint density at radius 3 is 2.25 bits per heavy atom. The molecule has 3 aliphatic heterocycles. The highest BCUT2D eigenvalue weighted by Crippen LogP contribution is 2.67. The van der Waals surface area contributed by atoms with Gasteiger partial charge in [0.15, 0.2) is 17.8 Å². The molecule has 220 valence electrons. The van der Waals surface area contributed by atoms with Gasteiger partial charge in [0.05, 0.1) is 18.8 Å². The smallest absolute Gasteiger partial charge is 0.231 e. The van der Waals surface area contributed by atoms with Crippen molar-refractivity contribution in [3.05, 3.63) is 59.7 Å². The maximum atomic E-state index is 7.39. The summed E-state index contributed by atoms with van der Waals surface area (Å²) in [7, 11) is -2.27. The van der Waals surface area contributed by atoms with Crippen molar-refractivity contribution in [2.24, 2.45) is 5.92 Å². The van der Waals surface area contributed by atoms with Gasteiger partial charge in [-0.25, -0.2) is 0 Å². The highest BCUT2D eigenvalue weighted by molar-refractivity contribution is 6.81. The summed E-state index contributed by atoms with van der Waals surface area (Å²) >= 11 is 0. The van der Waals surface area contributed by atoms with Gasteiger partial charge in [-0.3, -0.25) is 0 Å². The summed E-state index contributed by atoms with van der Waals surface area (Å²) in [6.45, 7) is 17.7. The fraction of sp³-hybridized carbons (Fsp3) is 0.647. The van der Waals surface area contributed by atoms with E-state index in [4.69, 9.17) is 23.4 Å². The van der Waals surface area contributed by atoms with Gasteiger partial charge in [-0.15, -0.1) is 0 Å². The minimum absolute atomic E-state index is 0.0500. The van der Waals surface area contributed by atoms with Crippen LogP contribution >= 0.6 is 0 Å². The highest BCUT2D eigenvalue weighted by atomic mass is 28.4. The molecule has 6 heteroatoms. The molecule has 0 unspecified atom stereocenters. The lowest BCUT2D eigenvalue weighted by molar-refractivity contribution is -0.156. The first-order valence-electron chi connectivity index (χ1n) is 15.4. The Hall–Kier alpha value is -1.86. The first-order valence-corrected chi connectivity index (χ1v) is 17.4. The minimum atomic E-state index is -2.27. The van der Waals surface area contributed by atoms with E-state index in [0.717, 1.165) is 17.9 Å².